The van der Waals surface area contributed by atoms with Crippen LogP contribution in [0.25, 0.3) is 0 Å². The van der Waals surface area contributed by atoms with Gasteiger partial charge in [-0.05, 0) is 43.8 Å². The SMILES string of the molecule is C=CCN1C(=S)N[C@H](c2cccc(F)c2)C(C(=O)Nc2cc(C)on2)=C1C. The third-order valence-electron chi connectivity index (χ3n) is 4.20. The molecule has 2 heterocycles. The lowest BCUT2D eigenvalue weighted by molar-refractivity contribution is -0.113. The molecule has 1 aliphatic rings. The second-order valence-corrected chi connectivity index (χ2v) is 6.50. The Morgan fingerprint density at radius 2 is 2.26 bits per heavy atom. The molecule has 1 aliphatic heterocycles. The molecule has 140 valence electrons. The number of amides is 1. The lowest BCUT2D eigenvalue weighted by Crippen LogP contribution is -2.48. The first-order valence-electron chi connectivity index (χ1n) is 8.30. The number of halogens is 1. The Balaban J connectivity index is 2.04. The summed E-state index contributed by atoms with van der Waals surface area (Å²) in [5.74, 6) is 0.116. The molecule has 6 nitrogen and oxygen atoms in total. The van der Waals surface area contributed by atoms with Gasteiger partial charge in [-0.1, -0.05) is 23.4 Å². The number of aromatic nitrogens is 1. The van der Waals surface area contributed by atoms with Crippen molar-refractivity contribution in [2.75, 3.05) is 11.9 Å². The highest BCUT2D eigenvalue weighted by molar-refractivity contribution is 7.80. The number of hydrogen-bond donors (Lipinski definition) is 2. The number of carbonyl (C=O) groups excluding carboxylic acids is 1. The zero-order valence-corrected chi connectivity index (χ0v) is 15.8. The van der Waals surface area contributed by atoms with Gasteiger partial charge < -0.3 is 20.1 Å². The molecule has 3 rings (SSSR count). The smallest absolute Gasteiger partial charge is 0.257 e. The van der Waals surface area contributed by atoms with E-state index in [0.717, 1.165) is 0 Å². The molecule has 1 aromatic carbocycles. The van der Waals surface area contributed by atoms with E-state index in [4.69, 9.17) is 16.7 Å². The minimum absolute atomic E-state index is 0.305. The number of benzene rings is 1. The average molecular weight is 386 g/mol. The van der Waals surface area contributed by atoms with Crippen molar-refractivity contribution in [3.63, 3.8) is 0 Å². The van der Waals surface area contributed by atoms with Crippen molar-refractivity contribution in [3.05, 3.63) is 71.4 Å². The third-order valence-corrected chi connectivity index (χ3v) is 4.54. The number of nitrogens with one attached hydrogen (secondary N) is 2. The highest BCUT2D eigenvalue weighted by Crippen LogP contribution is 2.31. The lowest BCUT2D eigenvalue weighted by Gasteiger charge is -2.37. The van der Waals surface area contributed by atoms with E-state index >= 15 is 0 Å². The van der Waals surface area contributed by atoms with E-state index in [-0.39, 0.29) is 5.91 Å². The van der Waals surface area contributed by atoms with Gasteiger partial charge in [0.1, 0.15) is 11.6 Å². The van der Waals surface area contributed by atoms with Crippen molar-refractivity contribution in [2.45, 2.75) is 19.9 Å². The number of thiocarbonyl (C=S) groups is 1. The average Bonchev–Trinajstić information content (AvgIpc) is 3.02. The molecule has 0 bridgehead atoms. The molecule has 1 atom stereocenters. The van der Waals surface area contributed by atoms with Gasteiger partial charge in [-0.3, -0.25) is 4.79 Å². The van der Waals surface area contributed by atoms with Crippen LogP contribution in [0.15, 0.2) is 58.8 Å². The molecule has 0 unspecified atom stereocenters. The highest BCUT2D eigenvalue weighted by atomic mass is 32.1. The maximum absolute atomic E-state index is 13.8. The normalized spacial score (nSPS) is 16.9. The minimum atomic E-state index is -0.595. The predicted molar refractivity (Wildman–Crippen MR) is 104 cm³/mol. The Morgan fingerprint density at radius 3 is 2.89 bits per heavy atom. The van der Waals surface area contributed by atoms with Crippen molar-refractivity contribution < 1.29 is 13.7 Å². The zero-order valence-electron chi connectivity index (χ0n) is 15.0. The predicted octanol–water partition coefficient (Wildman–Crippen LogP) is 3.45. The topological polar surface area (TPSA) is 70.4 Å². The number of rotatable bonds is 5. The van der Waals surface area contributed by atoms with Crippen molar-refractivity contribution >= 4 is 29.1 Å². The molecule has 0 spiro atoms. The van der Waals surface area contributed by atoms with Gasteiger partial charge in [-0.2, -0.15) is 0 Å². The summed E-state index contributed by atoms with van der Waals surface area (Å²) in [7, 11) is 0. The minimum Gasteiger partial charge on any atom is -0.360 e. The number of nitrogens with zero attached hydrogens (tertiary/aromatic N) is 2. The Kier molecular flexibility index (Phi) is 5.36. The van der Waals surface area contributed by atoms with Crippen LogP contribution in [0.5, 0.6) is 0 Å². The van der Waals surface area contributed by atoms with Gasteiger partial charge in [-0.15, -0.1) is 6.58 Å². The number of hydrogen-bond acceptors (Lipinski definition) is 4. The second-order valence-electron chi connectivity index (χ2n) is 6.11. The Bertz CT molecular complexity index is 937. The Labute approximate surface area is 161 Å². The first-order chi connectivity index (χ1) is 12.9. The molecule has 0 fully saturated rings. The maximum atomic E-state index is 13.8. The molecular formula is C19H19FN4O2S. The van der Waals surface area contributed by atoms with Gasteiger partial charge in [0, 0.05) is 18.3 Å². The van der Waals surface area contributed by atoms with Crippen LogP contribution in [0.3, 0.4) is 0 Å². The fourth-order valence-corrected chi connectivity index (χ4v) is 3.30. The van der Waals surface area contributed by atoms with Crippen LogP contribution in [0, 0.1) is 12.7 Å². The molecular weight excluding hydrogens is 367 g/mol. The van der Waals surface area contributed by atoms with Gasteiger partial charge in [0.15, 0.2) is 10.9 Å². The molecule has 1 amide bonds. The van der Waals surface area contributed by atoms with Crippen LogP contribution >= 0.6 is 12.2 Å². The third kappa shape index (κ3) is 3.90. The largest absolute Gasteiger partial charge is 0.360 e. The number of aryl methyl sites for hydroxylation is 1. The lowest BCUT2D eigenvalue weighted by atomic mass is 9.94. The van der Waals surface area contributed by atoms with Gasteiger partial charge >= 0.3 is 0 Å². The van der Waals surface area contributed by atoms with E-state index < -0.39 is 11.9 Å². The maximum Gasteiger partial charge on any atom is 0.257 e. The van der Waals surface area contributed by atoms with E-state index in [0.29, 0.717) is 40.1 Å². The zero-order chi connectivity index (χ0) is 19.6. The monoisotopic (exact) mass is 386 g/mol. The van der Waals surface area contributed by atoms with Crippen LogP contribution in [0.4, 0.5) is 10.2 Å². The molecule has 0 radical (unpaired) electrons. The molecule has 0 saturated carbocycles. The molecule has 8 heteroatoms. The first kappa shape index (κ1) is 18.8. The molecule has 2 N–H and O–H groups in total. The Hall–Kier alpha value is -3.00. The van der Waals surface area contributed by atoms with Crippen molar-refractivity contribution in [2.24, 2.45) is 0 Å². The van der Waals surface area contributed by atoms with E-state index in [1.165, 1.54) is 12.1 Å². The van der Waals surface area contributed by atoms with Gasteiger partial charge in [0.25, 0.3) is 5.91 Å². The summed E-state index contributed by atoms with van der Waals surface area (Å²) in [5, 5.41) is 10.1. The molecule has 0 aliphatic carbocycles. The van der Waals surface area contributed by atoms with Gasteiger partial charge in [-0.25, -0.2) is 4.39 Å². The molecule has 27 heavy (non-hydrogen) atoms. The summed E-state index contributed by atoms with van der Waals surface area (Å²) in [5.41, 5.74) is 1.67. The number of anilines is 1. The quantitative estimate of drug-likeness (QED) is 0.606. The summed E-state index contributed by atoms with van der Waals surface area (Å²) in [6.07, 6.45) is 1.69. The summed E-state index contributed by atoms with van der Waals surface area (Å²) >= 11 is 5.43. The Morgan fingerprint density at radius 1 is 1.48 bits per heavy atom. The van der Waals surface area contributed by atoms with Gasteiger partial charge in [0.2, 0.25) is 0 Å². The molecule has 0 saturated heterocycles. The van der Waals surface area contributed by atoms with Crippen LogP contribution in [-0.4, -0.2) is 27.6 Å². The summed E-state index contributed by atoms with van der Waals surface area (Å²) in [6, 6.07) is 7.09. The van der Waals surface area contributed by atoms with Gasteiger partial charge in [0.05, 0.1) is 11.6 Å². The number of allylic oxidation sites excluding steroid dienone is 1. The van der Waals surface area contributed by atoms with E-state index in [1.807, 2.05) is 0 Å². The summed E-state index contributed by atoms with van der Waals surface area (Å²) in [4.78, 5) is 14.8. The van der Waals surface area contributed by atoms with E-state index in [9.17, 15) is 9.18 Å². The molecule has 1 aromatic heterocycles. The van der Waals surface area contributed by atoms with Crippen molar-refractivity contribution in [1.82, 2.24) is 15.4 Å². The fourth-order valence-electron chi connectivity index (χ4n) is 2.97. The highest BCUT2D eigenvalue weighted by Gasteiger charge is 2.34. The first-order valence-corrected chi connectivity index (χ1v) is 8.71. The molecule has 2 aromatic rings. The summed E-state index contributed by atoms with van der Waals surface area (Å²) in [6.45, 7) is 7.70. The van der Waals surface area contributed by atoms with Crippen molar-refractivity contribution in [1.29, 1.82) is 0 Å². The van der Waals surface area contributed by atoms with Crippen molar-refractivity contribution in [3.8, 4) is 0 Å². The fraction of sp³-hybridized carbons (Fsp3) is 0.211. The van der Waals surface area contributed by atoms with E-state index in [2.05, 4.69) is 22.4 Å². The van der Waals surface area contributed by atoms with Crippen LogP contribution in [-0.2, 0) is 4.79 Å². The van der Waals surface area contributed by atoms with Crippen LogP contribution < -0.4 is 10.6 Å². The number of carbonyl (C=O) groups is 1. The second kappa shape index (κ2) is 7.71. The van der Waals surface area contributed by atoms with E-state index in [1.54, 1.807) is 43.0 Å². The van der Waals surface area contributed by atoms with Crippen LogP contribution in [0.2, 0.25) is 0 Å². The standard InChI is InChI=1S/C19H19FN4O2S/c1-4-8-24-12(3)16(18(25)21-15-9-11(2)26-23-15)17(22-19(24)27)13-6-5-7-14(20)10-13/h4-7,9-10,17H,1,8H2,2-3H3,(H,22,27)(H,21,23,25)/t17-/m1/s1. The van der Waals surface area contributed by atoms with Crippen LogP contribution in [0.1, 0.15) is 24.3 Å². The summed E-state index contributed by atoms with van der Waals surface area (Å²) < 4.78 is 18.8.